The van der Waals surface area contributed by atoms with Gasteiger partial charge in [-0.05, 0) is 37.0 Å². The van der Waals surface area contributed by atoms with Gasteiger partial charge < -0.3 is 20.4 Å². The maximum atomic E-state index is 11.9. The number of carbonyl (C=O) groups is 1. The molecule has 1 aromatic carbocycles. The highest BCUT2D eigenvalue weighted by molar-refractivity contribution is 14.0. The lowest BCUT2D eigenvalue weighted by atomic mass is 10.2. The fraction of sp³-hybridized carbons (Fsp3) is 0.500. The number of carbonyl (C=O) groups excluding carboxylic acids is 1. The van der Waals surface area contributed by atoms with Crippen molar-refractivity contribution in [3.8, 4) is 0 Å². The van der Waals surface area contributed by atoms with Crippen LogP contribution in [0.4, 0.5) is 10.8 Å². The van der Waals surface area contributed by atoms with Crippen LogP contribution in [0.2, 0.25) is 0 Å². The van der Waals surface area contributed by atoms with Crippen LogP contribution in [0.15, 0.2) is 34.6 Å². The Balaban J connectivity index is 0.00000272. The van der Waals surface area contributed by atoms with Crippen LogP contribution >= 0.6 is 35.3 Å². The number of nitrogens with one attached hydrogen (secondary N) is 2. The minimum atomic E-state index is 0. The zero-order chi connectivity index (χ0) is 20.8. The van der Waals surface area contributed by atoms with E-state index in [4.69, 9.17) is 4.98 Å². The summed E-state index contributed by atoms with van der Waals surface area (Å²) in [6, 6.07) is 8.18. The van der Waals surface area contributed by atoms with Gasteiger partial charge in [-0.25, -0.2) is 4.98 Å². The molecule has 4 rings (SSSR count). The molecular weight excluding hydrogens is 523 g/mol. The van der Waals surface area contributed by atoms with Crippen LogP contribution in [0.25, 0.3) is 0 Å². The number of rotatable bonds is 7. The Hall–Kier alpha value is -1.88. The van der Waals surface area contributed by atoms with Gasteiger partial charge in [0.05, 0.1) is 5.69 Å². The number of amides is 1. The van der Waals surface area contributed by atoms with Crippen LogP contribution in [0.5, 0.6) is 0 Å². The van der Waals surface area contributed by atoms with Crippen molar-refractivity contribution in [2.24, 2.45) is 4.99 Å². The molecule has 0 radical (unpaired) electrons. The molecule has 2 N–H and O–H groups in total. The zero-order valence-electron chi connectivity index (χ0n) is 18.0. The first kappa shape index (κ1) is 23.8. The number of hydrogen-bond acceptors (Lipinski definition) is 5. The Morgan fingerprint density at radius 2 is 1.90 bits per heavy atom. The summed E-state index contributed by atoms with van der Waals surface area (Å²) < 4.78 is 0. The topological polar surface area (TPSA) is 72.9 Å². The third kappa shape index (κ3) is 6.31. The molecular formula is C22H31IN6OS. The first-order chi connectivity index (χ1) is 14.7. The van der Waals surface area contributed by atoms with E-state index in [1.807, 2.05) is 17.0 Å². The Morgan fingerprint density at radius 1 is 1.13 bits per heavy atom. The maximum absolute atomic E-state index is 11.9. The lowest BCUT2D eigenvalue weighted by Gasteiger charge is -2.16. The normalized spacial score (nSPS) is 16.5. The van der Waals surface area contributed by atoms with Gasteiger partial charge in [-0.3, -0.25) is 9.79 Å². The number of aliphatic imine (C=N–C) groups is 1. The highest BCUT2D eigenvalue weighted by Crippen LogP contribution is 2.24. The molecule has 0 atom stereocenters. The summed E-state index contributed by atoms with van der Waals surface area (Å²) in [5.41, 5.74) is 3.28. The molecule has 3 heterocycles. The third-order valence-electron chi connectivity index (χ3n) is 5.59. The molecule has 0 aliphatic carbocycles. The Bertz CT molecular complexity index is 878. The first-order valence-electron chi connectivity index (χ1n) is 10.8. The Kier molecular flexibility index (Phi) is 8.94. The summed E-state index contributed by atoms with van der Waals surface area (Å²) in [4.78, 5) is 25.2. The van der Waals surface area contributed by atoms with Gasteiger partial charge in [-0.1, -0.05) is 12.1 Å². The number of halogens is 1. The van der Waals surface area contributed by atoms with E-state index in [2.05, 4.69) is 38.0 Å². The second-order valence-corrected chi connectivity index (χ2v) is 8.57. The van der Waals surface area contributed by atoms with E-state index < -0.39 is 0 Å². The van der Waals surface area contributed by atoms with Crippen LogP contribution in [0, 0.1) is 0 Å². The van der Waals surface area contributed by atoms with E-state index in [9.17, 15) is 4.79 Å². The van der Waals surface area contributed by atoms with Crippen molar-refractivity contribution in [1.29, 1.82) is 0 Å². The van der Waals surface area contributed by atoms with Crippen molar-refractivity contribution in [3.63, 3.8) is 0 Å². The molecule has 0 bridgehead atoms. The molecule has 7 nitrogen and oxygen atoms in total. The minimum absolute atomic E-state index is 0. The summed E-state index contributed by atoms with van der Waals surface area (Å²) >= 11 is 1.75. The average molecular weight is 555 g/mol. The van der Waals surface area contributed by atoms with Crippen LogP contribution < -0.4 is 20.4 Å². The van der Waals surface area contributed by atoms with Crippen molar-refractivity contribution >= 4 is 58.0 Å². The molecule has 0 spiro atoms. The number of anilines is 2. The van der Waals surface area contributed by atoms with Gasteiger partial charge in [0.25, 0.3) is 0 Å². The third-order valence-corrected chi connectivity index (χ3v) is 6.55. The molecule has 2 aliphatic heterocycles. The van der Waals surface area contributed by atoms with Crippen molar-refractivity contribution in [3.05, 3.63) is 40.9 Å². The minimum Gasteiger partial charge on any atom is -0.356 e. The Morgan fingerprint density at radius 3 is 2.58 bits per heavy atom. The molecule has 0 unspecified atom stereocenters. The van der Waals surface area contributed by atoms with Crippen molar-refractivity contribution in [2.45, 2.75) is 38.6 Å². The van der Waals surface area contributed by atoms with Gasteiger partial charge in [0.1, 0.15) is 0 Å². The molecule has 9 heteroatoms. The highest BCUT2D eigenvalue weighted by Gasteiger charge is 2.21. The Labute approximate surface area is 205 Å². The molecule has 2 aliphatic rings. The molecule has 168 valence electrons. The summed E-state index contributed by atoms with van der Waals surface area (Å²) in [7, 11) is 1.78. The smallest absolute Gasteiger partial charge is 0.227 e. The van der Waals surface area contributed by atoms with Crippen LogP contribution in [0.3, 0.4) is 0 Å². The summed E-state index contributed by atoms with van der Waals surface area (Å²) in [6.45, 7) is 4.57. The number of thiazole rings is 1. The van der Waals surface area contributed by atoms with Crippen LogP contribution in [0.1, 0.15) is 36.9 Å². The number of guanidine groups is 1. The van der Waals surface area contributed by atoms with E-state index in [1.54, 1.807) is 18.4 Å². The predicted molar refractivity (Wildman–Crippen MR) is 139 cm³/mol. The van der Waals surface area contributed by atoms with Gasteiger partial charge in [0.15, 0.2) is 11.1 Å². The quantitative estimate of drug-likeness (QED) is 0.312. The lowest BCUT2D eigenvalue weighted by Crippen LogP contribution is -2.37. The summed E-state index contributed by atoms with van der Waals surface area (Å²) in [6.07, 6.45) is 5.04. The molecule has 2 fully saturated rings. The second kappa shape index (κ2) is 11.7. The molecule has 1 amide bonds. The fourth-order valence-electron chi connectivity index (χ4n) is 3.90. The van der Waals surface area contributed by atoms with Crippen molar-refractivity contribution in [2.75, 3.05) is 43.0 Å². The van der Waals surface area contributed by atoms with E-state index in [1.165, 1.54) is 12.8 Å². The highest BCUT2D eigenvalue weighted by atomic mass is 127. The van der Waals surface area contributed by atoms with Crippen LogP contribution in [-0.4, -0.2) is 50.1 Å². The fourth-order valence-corrected chi connectivity index (χ4v) is 4.81. The van der Waals surface area contributed by atoms with Crippen molar-refractivity contribution < 1.29 is 4.79 Å². The number of nitrogens with zero attached hydrogens (tertiary/aromatic N) is 4. The van der Waals surface area contributed by atoms with Crippen LogP contribution in [-0.2, 0) is 17.8 Å². The SMILES string of the molecule is CN=C(NCCc1csc(N2CCCC2)n1)NCc1ccc(N2CCCC2=O)cc1.I. The number of benzene rings is 1. The van der Waals surface area contributed by atoms with E-state index in [-0.39, 0.29) is 29.9 Å². The van der Waals surface area contributed by atoms with Gasteiger partial charge >= 0.3 is 0 Å². The van der Waals surface area contributed by atoms with E-state index in [0.717, 1.165) is 67.1 Å². The van der Waals surface area contributed by atoms with Gasteiger partial charge in [-0.15, -0.1) is 35.3 Å². The zero-order valence-corrected chi connectivity index (χ0v) is 21.1. The first-order valence-corrected chi connectivity index (χ1v) is 11.6. The van der Waals surface area contributed by atoms with Gasteiger partial charge in [0, 0.05) is 63.7 Å². The standard InChI is InChI=1S/C22H30N6OS.HI/c1-23-21(24-11-10-18-16-30-22(26-18)27-12-2-3-13-27)25-15-17-6-8-19(9-7-17)28-14-4-5-20(28)29;/h6-9,16H,2-5,10-15H2,1H3,(H2,23,24,25);1H. The molecule has 31 heavy (non-hydrogen) atoms. The monoisotopic (exact) mass is 554 g/mol. The van der Waals surface area contributed by atoms with Crippen molar-refractivity contribution in [1.82, 2.24) is 15.6 Å². The molecule has 0 saturated carbocycles. The molecule has 1 aromatic heterocycles. The maximum Gasteiger partial charge on any atom is 0.227 e. The van der Waals surface area contributed by atoms with E-state index in [0.29, 0.717) is 13.0 Å². The summed E-state index contributed by atoms with van der Waals surface area (Å²) in [5, 5.41) is 10.0. The number of hydrogen-bond donors (Lipinski definition) is 2. The second-order valence-electron chi connectivity index (χ2n) is 7.73. The molecule has 2 saturated heterocycles. The largest absolute Gasteiger partial charge is 0.356 e. The molecule has 2 aromatic rings. The van der Waals surface area contributed by atoms with Gasteiger partial charge in [0.2, 0.25) is 5.91 Å². The summed E-state index contributed by atoms with van der Waals surface area (Å²) in [5.74, 6) is 1.00. The average Bonchev–Trinajstić information content (AvgIpc) is 3.52. The lowest BCUT2D eigenvalue weighted by molar-refractivity contribution is -0.117. The predicted octanol–water partition coefficient (Wildman–Crippen LogP) is 3.40. The van der Waals surface area contributed by atoms with E-state index >= 15 is 0 Å². The number of aromatic nitrogens is 1. The van der Waals surface area contributed by atoms with Gasteiger partial charge in [-0.2, -0.15) is 0 Å².